The monoisotopic (exact) mass is 283 g/mol. The molecule has 0 saturated heterocycles. The Balaban J connectivity index is 3.75. The SMILES string of the molecule is COc1c([N+](=O)[O-])cnc(S(N)(=O)=O)c1C(F)F. The average Bonchev–Trinajstić information content (AvgIpc) is 2.25. The van der Waals surface area contributed by atoms with E-state index in [1.54, 1.807) is 0 Å². The molecule has 0 aromatic carbocycles. The van der Waals surface area contributed by atoms with Crippen molar-refractivity contribution in [3.8, 4) is 5.75 Å². The summed E-state index contributed by atoms with van der Waals surface area (Å²) in [6, 6.07) is 0. The van der Waals surface area contributed by atoms with Gasteiger partial charge in [-0.15, -0.1) is 0 Å². The number of hydrogen-bond donors (Lipinski definition) is 1. The fourth-order valence-electron chi connectivity index (χ4n) is 1.25. The lowest BCUT2D eigenvalue weighted by Crippen LogP contribution is -2.18. The van der Waals surface area contributed by atoms with Crippen molar-refractivity contribution < 1.29 is 26.9 Å². The van der Waals surface area contributed by atoms with Gasteiger partial charge in [0.25, 0.3) is 16.4 Å². The second-order valence-corrected chi connectivity index (χ2v) is 4.48. The quantitative estimate of drug-likeness (QED) is 0.636. The second kappa shape index (κ2) is 4.78. The molecule has 0 saturated carbocycles. The van der Waals surface area contributed by atoms with Crippen LogP contribution in [0.4, 0.5) is 14.5 Å². The van der Waals surface area contributed by atoms with E-state index in [4.69, 9.17) is 5.14 Å². The second-order valence-electron chi connectivity index (χ2n) is 3.00. The van der Waals surface area contributed by atoms with Gasteiger partial charge < -0.3 is 4.74 Å². The van der Waals surface area contributed by atoms with Crippen LogP contribution in [0.25, 0.3) is 0 Å². The van der Waals surface area contributed by atoms with Crippen LogP contribution in [0.1, 0.15) is 12.0 Å². The Kier molecular flexibility index (Phi) is 3.76. The van der Waals surface area contributed by atoms with Crippen molar-refractivity contribution in [1.29, 1.82) is 0 Å². The van der Waals surface area contributed by atoms with E-state index < -0.39 is 43.4 Å². The van der Waals surface area contributed by atoms with Crippen LogP contribution in [0.3, 0.4) is 0 Å². The Bertz CT molecular complexity index is 589. The van der Waals surface area contributed by atoms with Crippen molar-refractivity contribution in [2.45, 2.75) is 11.5 Å². The van der Waals surface area contributed by atoms with Crippen molar-refractivity contribution in [2.75, 3.05) is 7.11 Å². The van der Waals surface area contributed by atoms with E-state index in [9.17, 15) is 27.3 Å². The van der Waals surface area contributed by atoms with E-state index in [1.165, 1.54) is 0 Å². The van der Waals surface area contributed by atoms with Crippen LogP contribution >= 0.6 is 0 Å². The summed E-state index contributed by atoms with van der Waals surface area (Å²) in [6.07, 6.45) is -2.86. The Morgan fingerprint density at radius 2 is 2.11 bits per heavy atom. The number of ether oxygens (including phenoxy) is 1. The first-order valence-electron chi connectivity index (χ1n) is 4.22. The van der Waals surface area contributed by atoms with Gasteiger partial charge in [-0.25, -0.2) is 27.3 Å². The van der Waals surface area contributed by atoms with Gasteiger partial charge in [0.1, 0.15) is 11.8 Å². The number of pyridine rings is 1. The molecule has 0 aliphatic rings. The first-order valence-corrected chi connectivity index (χ1v) is 5.77. The van der Waals surface area contributed by atoms with Crippen LogP contribution in [0, 0.1) is 10.1 Å². The standard InChI is InChI=1S/C7H7F2N3O5S/c1-17-5-3(12(13)14)2-11-7(18(10,15)16)4(5)6(8)9/h2,6H,1H3,(H2,10,15,16). The van der Waals surface area contributed by atoms with Crippen molar-refractivity contribution in [2.24, 2.45) is 5.14 Å². The number of nitrogens with two attached hydrogens (primary N) is 1. The molecule has 1 rings (SSSR count). The highest BCUT2D eigenvalue weighted by Gasteiger charge is 2.32. The lowest BCUT2D eigenvalue weighted by molar-refractivity contribution is -0.386. The van der Waals surface area contributed by atoms with Crippen molar-refractivity contribution >= 4 is 15.7 Å². The van der Waals surface area contributed by atoms with E-state index in [-0.39, 0.29) is 0 Å². The predicted molar refractivity (Wildman–Crippen MR) is 53.8 cm³/mol. The predicted octanol–water partition coefficient (Wildman–Crippen LogP) is 0.583. The third-order valence-corrected chi connectivity index (χ3v) is 2.76. The van der Waals surface area contributed by atoms with Gasteiger partial charge in [0.2, 0.25) is 5.75 Å². The number of halogens is 2. The van der Waals surface area contributed by atoms with Crippen LogP contribution in [-0.2, 0) is 10.0 Å². The maximum absolute atomic E-state index is 12.8. The molecule has 0 aliphatic carbocycles. The van der Waals surface area contributed by atoms with Gasteiger partial charge in [0.05, 0.1) is 12.0 Å². The maximum atomic E-state index is 12.8. The molecule has 8 nitrogen and oxygen atoms in total. The number of sulfonamides is 1. The largest absolute Gasteiger partial charge is 0.490 e. The molecular weight excluding hydrogens is 276 g/mol. The van der Waals surface area contributed by atoms with Gasteiger partial charge in [-0.1, -0.05) is 0 Å². The zero-order valence-corrected chi connectivity index (χ0v) is 9.65. The average molecular weight is 283 g/mol. The summed E-state index contributed by atoms with van der Waals surface area (Å²) < 4.78 is 52.2. The molecule has 1 aromatic rings. The molecule has 0 spiro atoms. The van der Waals surface area contributed by atoms with Crippen molar-refractivity contribution in [1.82, 2.24) is 4.98 Å². The van der Waals surface area contributed by atoms with Gasteiger partial charge in [-0.2, -0.15) is 0 Å². The number of primary sulfonamides is 1. The molecule has 18 heavy (non-hydrogen) atoms. The van der Waals surface area contributed by atoms with Crippen molar-refractivity contribution in [3.63, 3.8) is 0 Å². The van der Waals surface area contributed by atoms with Crippen LogP contribution in [0.5, 0.6) is 5.75 Å². The van der Waals surface area contributed by atoms with Crippen LogP contribution < -0.4 is 9.88 Å². The fraction of sp³-hybridized carbons (Fsp3) is 0.286. The third-order valence-electron chi connectivity index (χ3n) is 1.90. The smallest absolute Gasteiger partial charge is 0.329 e. The minimum absolute atomic E-state index is 0.491. The lowest BCUT2D eigenvalue weighted by atomic mass is 10.2. The van der Waals surface area contributed by atoms with Crippen LogP contribution in [0.2, 0.25) is 0 Å². The summed E-state index contributed by atoms with van der Waals surface area (Å²) in [7, 11) is -3.66. The molecule has 100 valence electrons. The van der Waals surface area contributed by atoms with E-state index in [2.05, 4.69) is 9.72 Å². The van der Waals surface area contributed by atoms with E-state index in [1.807, 2.05) is 0 Å². The lowest BCUT2D eigenvalue weighted by Gasteiger charge is -2.10. The Morgan fingerprint density at radius 1 is 1.56 bits per heavy atom. The molecule has 11 heteroatoms. The number of rotatable bonds is 4. The first kappa shape index (κ1) is 14.2. The van der Waals surface area contributed by atoms with Gasteiger partial charge in [0.15, 0.2) is 5.03 Å². The summed E-state index contributed by atoms with van der Waals surface area (Å²) in [5.74, 6) is -0.881. The molecule has 2 N–H and O–H groups in total. The summed E-state index contributed by atoms with van der Waals surface area (Å²) in [5, 5.41) is 14.1. The molecule has 0 amide bonds. The van der Waals surface area contributed by atoms with E-state index in [0.29, 0.717) is 6.20 Å². The molecule has 0 radical (unpaired) electrons. The topological polar surface area (TPSA) is 125 Å². The number of methoxy groups -OCH3 is 1. The third kappa shape index (κ3) is 2.51. The summed E-state index contributed by atoms with van der Waals surface area (Å²) in [5.41, 5.74) is -2.10. The normalized spacial score (nSPS) is 11.6. The first-order chi connectivity index (χ1) is 8.20. The molecule has 0 unspecified atom stereocenters. The van der Waals surface area contributed by atoms with Crippen LogP contribution in [0.15, 0.2) is 11.2 Å². The maximum Gasteiger partial charge on any atom is 0.329 e. The highest BCUT2D eigenvalue weighted by Crippen LogP contribution is 2.39. The Hall–Kier alpha value is -1.88. The molecule has 0 fully saturated rings. The molecule has 0 bridgehead atoms. The summed E-state index contributed by atoms with van der Waals surface area (Å²) in [4.78, 5) is 12.6. The molecule has 0 atom stereocenters. The molecular formula is C7H7F2N3O5S. The number of hydrogen-bond acceptors (Lipinski definition) is 6. The number of nitrogens with zero attached hydrogens (tertiary/aromatic N) is 2. The molecule has 0 aliphatic heterocycles. The van der Waals surface area contributed by atoms with Gasteiger partial charge in [-0.05, 0) is 0 Å². The highest BCUT2D eigenvalue weighted by atomic mass is 32.2. The summed E-state index contributed by atoms with van der Waals surface area (Å²) >= 11 is 0. The van der Waals surface area contributed by atoms with Crippen LogP contribution in [-0.4, -0.2) is 25.4 Å². The molecule has 1 heterocycles. The minimum Gasteiger partial charge on any atom is -0.490 e. The number of nitro groups is 1. The number of aromatic nitrogens is 1. The zero-order valence-electron chi connectivity index (χ0n) is 8.83. The highest BCUT2D eigenvalue weighted by molar-refractivity contribution is 7.89. The fourth-order valence-corrected chi connectivity index (χ4v) is 1.93. The van der Waals surface area contributed by atoms with Gasteiger partial charge >= 0.3 is 5.69 Å². The number of alkyl halides is 2. The van der Waals surface area contributed by atoms with E-state index in [0.717, 1.165) is 7.11 Å². The Labute approximate surface area is 99.6 Å². The zero-order chi connectivity index (χ0) is 14.1. The van der Waals surface area contributed by atoms with Gasteiger partial charge in [-0.3, -0.25) is 10.1 Å². The minimum atomic E-state index is -4.55. The van der Waals surface area contributed by atoms with Gasteiger partial charge in [0, 0.05) is 0 Å². The summed E-state index contributed by atoms with van der Waals surface area (Å²) in [6.45, 7) is 0. The Morgan fingerprint density at radius 3 is 2.44 bits per heavy atom. The molecule has 1 aromatic heterocycles. The van der Waals surface area contributed by atoms with Crippen molar-refractivity contribution in [3.05, 3.63) is 21.9 Å². The van der Waals surface area contributed by atoms with E-state index >= 15 is 0 Å².